The van der Waals surface area contributed by atoms with Crippen LogP contribution in [0.25, 0.3) is 11.3 Å². The lowest BCUT2D eigenvalue weighted by Gasteiger charge is -2.13. The molecule has 0 aromatic carbocycles. The van der Waals surface area contributed by atoms with E-state index in [9.17, 15) is 0 Å². The van der Waals surface area contributed by atoms with Gasteiger partial charge in [-0.1, -0.05) is 0 Å². The van der Waals surface area contributed by atoms with Crippen molar-refractivity contribution in [1.29, 1.82) is 0 Å². The summed E-state index contributed by atoms with van der Waals surface area (Å²) in [6.07, 6.45) is 5.13. The quantitative estimate of drug-likeness (QED) is 0.733. The van der Waals surface area contributed by atoms with Gasteiger partial charge in [0.2, 0.25) is 0 Å². The second kappa shape index (κ2) is 6.98. The van der Waals surface area contributed by atoms with Gasteiger partial charge in [-0.15, -0.1) is 0 Å². The molecule has 6 nitrogen and oxygen atoms in total. The fraction of sp³-hybridized carbons (Fsp3) is 0.385. The number of H-pyrrole nitrogens is 1. The topological polar surface area (TPSA) is 72.1 Å². The number of nitrogens with one attached hydrogen (secondary N) is 2. The molecule has 2 N–H and O–H groups in total. The molecule has 0 aliphatic heterocycles. The SMILES string of the molecule is COC(CNCc1cn[nH]c1-c1cccnc1)OC. The molecule has 0 bridgehead atoms. The number of aromatic amines is 1. The van der Waals surface area contributed by atoms with Crippen LogP contribution < -0.4 is 5.32 Å². The first-order chi connectivity index (χ1) is 9.35. The Labute approximate surface area is 112 Å². The van der Waals surface area contributed by atoms with Crippen LogP contribution >= 0.6 is 0 Å². The van der Waals surface area contributed by atoms with E-state index in [1.807, 2.05) is 24.5 Å². The molecule has 0 unspecified atom stereocenters. The van der Waals surface area contributed by atoms with E-state index in [2.05, 4.69) is 20.5 Å². The van der Waals surface area contributed by atoms with Gasteiger partial charge < -0.3 is 14.8 Å². The summed E-state index contributed by atoms with van der Waals surface area (Å²) in [5, 5.41) is 10.3. The zero-order valence-corrected chi connectivity index (χ0v) is 11.1. The van der Waals surface area contributed by atoms with E-state index in [1.165, 1.54) is 0 Å². The molecule has 0 aliphatic rings. The summed E-state index contributed by atoms with van der Waals surface area (Å²) in [5.74, 6) is 0. The van der Waals surface area contributed by atoms with Gasteiger partial charge in [-0.25, -0.2) is 0 Å². The van der Waals surface area contributed by atoms with E-state index < -0.39 is 0 Å². The normalized spacial score (nSPS) is 11.1. The summed E-state index contributed by atoms with van der Waals surface area (Å²) in [6, 6.07) is 3.90. The molecule has 0 aliphatic carbocycles. The van der Waals surface area contributed by atoms with Crippen molar-refractivity contribution in [2.75, 3.05) is 20.8 Å². The molecule has 6 heteroatoms. The predicted octanol–water partition coefficient (Wildman–Crippen LogP) is 1.18. The van der Waals surface area contributed by atoms with E-state index in [4.69, 9.17) is 9.47 Å². The largest absolute Gasteiger partial charge is 0.355 e. The average Bonchev–Trinajstić information content (AvgIpc) is 2.93. The minimum Gasteiger partial charge on any atom is -0.355 e. The third kappa shape index (κ3) is 3.60. The Kier molecular flexibility index (Phi) is 5.02. The fourth-order valence-electron chi connectivity index (χ4n) is 1.79. The Hall–Kier alpha value is -1.76. The number of nitrogens with zero attached hydrogens (tertiary/aromatic N) is 2. The first-order valence-corrected chi connectivity index (χ1v) is 6.04. The van der Waals surface area contributed by atoms with Crippen LogP contribution in [-0.2, 0) is 16.0 Å². The maximum atomic E-state index is 5.12. The van der Waals surface area contributed by atoms with E-state index in [0.717, 1.165) is 16.8 Å². The zero-order valence-electron chi connectivity index (χ0n) is 11.1. The molecule has 102 valence electrons. The van der Waals surface area contributed by atoms with Crippen LogP contribution in [0.1, 0.15) is 5.56 Å². The second-order valence-corrected chi connectivity index (χ2v) is 4.04. The third-order valence-electron chi connectivity index (χ3n) is 2.82. The molecule has 0 saturated carbocycles. The van der Waals surface area contributed by atoms with Crippen LogP contribution in [0.3, 0.4) is 0 Å². The van der Waals surface area contributed by atoms with Gasteiger partial charge in [0.1, 0.15) is 0 Å². The lowest BCUT2D eigenvalue weighted by Crippen LogP contribution is -2.29. The Balaban J connectivity index is 1.97. The van der Waals surface area contributed by atoms with Gasteiger partial charge in [-0.3, -0.25) is 10.1 Å². The minimum atomic E-state index is -0.242. The van der Waals surface area contributed by atoms with Crippen LogP contribution in [0, 0.1) is 0 Å². The Morgan fingerprint density at radius 1 is 1.32 bits per heavy atom. The number of aromatic nitrogens is 3. The molecular formula is C13H18N4O2. The van der Waals surface area contributed by atoms with Crippen molar-refractivity contribution in [3.8, 4) is 11.3 Å². The van der Waals surface area contributed by atoms with E-state index >= 15 is 0 Å². The van der Waals surface area contributed by atoms with Gasteiger partial charge in [0.05, 0.1) is 11.9 Å². The maximum Gasteiger partial charge on any atom is 0.169 e. The first-order valence-electron chi connectivity index (χ1n) is 6.04. The molecule has 2 aromatic rings. The van der Waals surface area contributed by atoms with Crippen LogP contribution in [0.5, 0.6) is 0 Å². The Morgan fingerprint density at radius 2 is 2.16 bits per heavy atom. The highest BCUT2D eigenvalue weighted by Crippen LogP contribution is 2.19. The molecule has 0 fully saturated rings. The van der Waals surface area contributed by atoms with Crippen LogP contribution in [-0.4, -0.2) is 42.2 Å². The Bertz CT molecular complexity index is 482. The monoisotopic (exact) mass is 262 g/mol. The summed E-state index contributed by atoms with van der Waals surface area (Å²) in [5.41, 5.74) is 3.08. The van der Waals surface area contributed by atoms with Gasteiger partial charge in [0.15, 0.2) is 6.29 Å². The molecule has 0 amide bonds. The summed E-state index contributed by atoms with van der Waals surface area (Å²) in [6.45, 7) is 1.30. The van der Waals surface area contributed by atoms with Crippen molar-refractivity contribution in [1.82, 2.24) is 20.5 Å². The van der Waals surface area contributed by atoms with Crippen molar-refractivity contribution in [2.45, 2.75) is 12.8 Å². The van der Waals surface area contributed by atoms with Crippen LogP contribution in [0.2, 0.25) is 0 Å². The Morgan fingerprint density at radius 3 is 2.84 bits per heavy atom. The van der Waals surface area contributed by atoms with Gasteiger partial charge in [0.25, 0.3) is 0 Å². The number of ether oxygens (including phenoxy) is 2. The number of hydrogen-bond acceptors (Lipinski definition) is 5. The van der Waals surface area contributed by atoms with Crippen molar-refractivity contribution in [3.63, 3.8) is 0 Å². The highest BCUT2D eigenvalue weighted by Gasteiger charge is 2.09. The lowest BCUT2D eigenvalue weighted by atomic mass is 10.1. The molecule has 19 heavy (non-hydrogen) atoms. The average molecular weight is 262 g/mol. The van der Waals surface area contributed by atoms with Crippen molar-refractivity contribution < 1.29 is 9.47 Å². The number of pyridine rings is 1. The van der Waals surface area contributed by atoms with Crippen LogP contribution in [0.15, 0.2) is 30.7 Å². The summed E-state index contributed by atoms with van der Waals surface area (Å²) in [4.78, 5) is 4.11. The molecule has 0 saturated heterocycles. The van der Waals surface area contributed by atoms with Gasteiger partial charge in [0, 0.05) is 50.8 Å². The summed E-state index contributed by atoms with van der Waals surface area (Å²) >= 11 is 0. The van der Waals surface area contributed by atoms with Crippen LogP contribution in [0.4, 0.5) is 0 Å². The highest BCUT2D eigenvalue weighted by molar-refractivity contribution is 5.61. The third-order valence-corrected chi connectivity index (χ3v) is 2.82. The van der Waals surface area contributed by atoms with Crippen molar-refractivity contribution in [2.24, 2.45) is 0 Å². The molecule has 2 aromatic heterocycles. The van der Waals surface area contributed by atoms with Gasteiger partial charge in [-0.2, -0.15) is 5.10 Å². The summed E-state index contributed by atoms with van der Waals surface area (Å²) in [7, 11) is 3.24. The second-order valence-electron chi connectivity index (χ2n) is 4.04. The molecule has 0 spiro atoms. The standard InChI is InChI=1S/C13H18N4O2/c1-18-12(19-2)9-15-7-11-8-16-17-13(11)10-4-3-5-14-6-10/h3-6,8,12,15H,7,9H2,1-2H3,(H,16,17). The molecule has 0 radical (unpaired) electrons. The van der Waals surface area contributed by atoms with Gasteiger partial charge >= 0.3 is 0 Å². The van der Waals surface area contributed by atoms with E-state index in [1.54, 1.807) is 20.4 Å². The minimum absolute atomic E-state index is 0.242. The first kappa shape index (κ1) is 13.7. The van der Waals surface area contributed by atoms with E-state index in [-0.39, 0.29) is 6.29 Å². The molecular weight excluding hydrogens is 244 g/mol. The lowest BCUT2D eigenvalue weighted by molar-refractivity contribution is -0.0989. The highest BCUT2D eigenvalue weighted by atomic mass is 16.7. The molecule has 2 rings (SSSR count). The van der Waals surface area contributed by atoms with Crippen molar-refractivity contribution in [3.05, 3.63) is 36.3 Å². The number of hydrogen-bond donors (Lipinski definition) is 2. The maximum absolute atomic E-state index is 5.12. The predicted molar refractivity (Wildman–Crippen MR) is 71.3 cm³/mol. The zero-order chi connectivity index (χ0) is 13.5. The number of methoxy groups -OCH3 is 2. The summed E-state index contributed by atoms with van der Waals surface area (Å²) < 4.78 is 10.2. The smallest absolute Gasteiger partial charge is 0.169 e. The van der Waals surface area contributed by atoms with E-state index in [0.29, 0.717) is 13.1 Å². The molecule has 2 heterocycles. The van der Waals surface area contributed by atoms with Gasteiger partial charge in [-0.05, 0) is 12.1 Å². The fourth-order valence-corrected chi connectivity index (χ4v) is 1.79. The number of rotatable bonds is 7. The van der Waals surface area contributed by atoms with Crippen molar-refractivity contribution >= 4 is 0 Å². The molecule has 0 atom stereocenters.